The van der Waals surface area contributed by atoms with E-state index in [9.17, 15) is 4.79 Å². The Labute approximate surface area is 116 Å². The molecule has 2 aromatic heterocycles. The van der Waals surface area contributed by atoms with Crippen LogP contribution in [0.2, 0.25) is 0 Å². The molecule has 2 aromatic rings. The summed E-state index contributed by atoms with van der Waals surface area (Å²) in [6, 6.07) is 5.51. The fourth-order valence-corrected chi connectivity index (χ4v) is 2.43. The summed E-state index contributed by atoms with van der Waals surface area (Å²) >= 11 is 0. The summed E-state index contributed by atoms with van der Waals surface area (Å²) in [4.78, 5) is 18.5. The second-order valence-corrected chi connectivity index (χ2v) is 4.83. The smallest absolute Gasteiger partial charge is 0.276 e. The number of rotatable bonds is 2. The van der Waals surface area contributed by atoms with E-state index in [4.69, 9.17) is 4.52 Å². The van der Waals surface area contributed by atoms with Crippen molar-refractivity contribution >= 4 is 5.91 Å². The average molecular weight is 272 g/mol. The van der Waals surface area contributed by atoms with Crippen LogP contribution in [-0.4, -0.2) is 40.6 Å². The average Bonchev–Trinajstić information content (AvgIpc) is 2.94. The lowest BCUT2D eigenvalue weighted by atomic mass is 10.0. The van der Waals surface area contributed by atoms with Gasteiger partial charge in [-0.05, 0) is 18.6 Å². The third kappa shape index (κ3) is 2.42. The van der Waals surface area contributed by atoms with Gasteiger partial charge >= 0.3 is 0 Å². The van der Waals surface area contributed by atoms with Gasteiger partial charge in [0, 0.05) is 38.1 Å². The Kier molecular flexibility index (Phi) is 3.47. The second-order valence-electron chi connectivity index (χ2n) is 4.83. The first-order valence-corrected chi connectivity index (χ1v) is 6.60. The van der Waals surface area contributed by atoms with Gasteiger partial charge in [0.05, 0.1) is 6.04 Å². The van der Waals surface area contributed by atoms with E-state index in [1.54, 1.807) is 25.4 Å². The molecule has 0 spiro atoms. The van der Waals surface area contributed by atoms with Crippen molar-refractivity contribution in [1.29, 1.82) is 0 Å². The van der Waals surface area contributed by atoms with Crippen LogP contribution in [0.3, 0.4) is 0 Å². The van der Waals surface area contributed by atoms with Crippen LogP contribution in [0.4, 0.5) is 0 Å². The molecule has 0 radical (unpaired) electrons. The number of carbonyl (C=O) groups is 1. The van der Waals surface area contributed by atoms with Crippen LogP contribution in [0.15, 0.2) is 35.1 Å². The maximum atomic E-state index is 12.6. The van der Waals surface area contributed by atoms with E-state index in [1.807, 2.05) is 17.0 Å². The zero-order valence-electron chi connectivity index (χ0n) is 11.2. The van der Waals surface area contributed by atoms with Gasteiger partial charge in [0.25, 0.3) is 5.91 Å². The van der Waals surface area contributed by atoms with Crippen molar-refractivity contribution in [2.45, 2.75) is 13.0 Å². The van der Waals surface area contributed by atoms with E-state index in [2.05, 4.69) is 15.5 Å². The Balaban J connectivity index is 1.87. The largest absolute Gasteiger partial charge is 0.361 e. The predicted octanol–water partition coefficient (Wildman–Crippen LogP) is 1.16. The number of nitrogens with zero attached hydrogens (tertiary/aromatic N) is 3. The number of aryl methyl sites for hydroxylation is 1. The van der Waals surface area contributed by atoms with E-state index in [1.165, 1.54) is 0 Å². The Bertz CT molecular complexity index is 596. The van der Waals surface area contributed by atoms with Gasteiger partial charge in [0.1, 0.15) is 5.76 Å². The SMILES string of the molecule is Cc1cc(C(=O)N2CCNCC2c2cccnc2)no1. The van der Waals surface area contributed by atoms with Gasteiger partial charge in [-0.2, -0.15) is 0 Å². The minimum absolute atomic E-state index is 0.0260. The van der Waals surface area contributed by atoms with E-state index in [0.717, 1.165) is 12.1 Å². The highest BCUT2D eigenvalue weighted by Gasteiger charge is 2.30. The Morgan fingerprint density at radius 3 is 3.15 bits per heavy atom. The van der Waals surface area contributed by atoms with Crippen molar-refractivity contribution in [3.8, 4) is 0 Å². The number of amides is 1. The van der Waals surface area contributed by atoms with Gasteiger partial charge in [0.2, 0.25) is 0 Å². The van der Waals surface area contributed by atoms with Crippen LogP contribution in [0, 0.1) is 6.92 Å². The lowest BCUT2D eigenvalue weighted by Gasteiger charge is -2.35. The summed E-state index contributed by atoms with van der Waals surface area (Å²) in [7, 11) is 0. The van der Waals surface area contributed by atoms with E-state index < -0.39 is 0 Å². The van der Waals surface area contributed by atoms with Crippen LogP contribution in [-0.2, 0) is 0 Å². The van der Waals surface area contributed by atoms with Crippen LogP contribution < -0.4 is 5.32 Å². The molecule has 1 amide bonds. The van der Waals surface area contributed by atoms with Crippen molar-refractivity contribution in [1.82, 2.24) is 20.4 Å². The molecule has 0 bridgehead atoms. The fraction of sp³-hybridized carbons (Fsp3) is 0.357. The van der Waals surface area contributed by atoms with Gasteiger partial charge in [0.15, 0.2) is 5.69 Å². The van der Waals surface area contributed by atoms with Gasteiger partial charge < -0.3 is 14.7 Å². The standard InChI is InChI=1S/C14H16N4O2/c1-10-7-12(17-20-10)14(19)18-6-5-16-9-13(18)11-3-2-4-15-8-11/h2-4,7-8,13,16H,5-6,9H2,1H3. The van der Waals surface area contributed by atoms with Gasteiger partial charge in [-0.3, -0.25) is 9.78 Å². The Morgan fingerprint density at radius 2 is 2.45 bits per heavy atom. The first kappa shape index (κ1) is 12.8. The first-order valence-electron chi connectivity index (χ1n) is 6.60. The number of nitrogens with one attached hydrogen (secondary N) is 1. The van der Waals surface area contributed by atoms with Crippen molar-refractivity contribution in [2.75, 3.05) is 19.6 Å². The Hall–Kier alpha value is -2.21. The predicted molar refractivity (Wildman–Crippen MR) is 72.1 cm³/mol. The Morgan fingerprint density at radius 1 is 1.55 bits per heavy atom. The van der Waals surface area contributed by atoms with Crippen molar-refractivity contribution < 1.29 is 9.32 Å². The molecule has 20 heavy (non-hydrogen) atoms. The molecule has 1 saturated heterocycles. The monoisotopic (exact) mass is 272 g/mol. The molecular formula is C14H16N4O2. The summed E-state index contributed by atoms with van der Waals surface area (Å²) in [5.41, 5.74) is 1.38. The highest BCUT2D eigenvalue weighted by molar-refractivity contribution is 5.92. The number of carbonyl (C=O) groups excluding carboxylic acids is 1. The van der Waals surface area contributed by atoms with E-state index in [0.29, 0.717) is 24.5 Å². The van der Waals surface area contributed by atoms with E-state index >= 15 is 0 Å². The summed E-state index contributed by atoms with van der Waals surface area (Å²) < 4.78 is 4.99. The fourth-order valence-electron chi connectivity index (χ4n) is 2.43. The summed E-state index contributed by atoms with van der Waals surface area (Å²) in [6.07, 6.45) is 3.53. The lowest BCUT2D eigenvalue weighted by Crippen LogP contribution is -2.48. The topological polar surface area (TPSA) is 71.3 Å². The molecule has 1 N–H and O–H groups in total. The van der Waals surface area contributed by atoms with Crippen molar-refractivity contribution in [3.05, 3.63) is 47.6 Å². The van der Waals surface area contributed by atoms with Gasteiger partial charge in [-0.15, -0.1) is 0 Å². The lowest BCUT2D eigenvalue weighted by molar-refractivity contribution is 0.0623. The van der Waals surface area contributed by atoms with Crippen LogP contribution in [0.5, 0.6) is 0 Å². The second kappa shape index (κ2) is 5.42. The molecule has 0 aromatic carbocycles. The molecular weight excluding hydrogens is 256 g/mol. The number of hydrogen-bond acceptors (Lipinski definition) is 5. The first-order chi connectivity index (χ1) is 9.75. The molecule has 3 rings (SSSR count). The summed E-state index contributed by atoms with van der Waals surface area (Å²) in [6.45, 7) is 3.91. The van der Waals surface area contributed by atoms with Crippen LogP contribution in [0.1, 0.15) is 27.9 Å². The maximum absolute atomic E-state index is 12.6. The maximum Gasteiger partial charge on any atom is 0.276 e. The molecule has 3 heterocycles. The molecule has 104 valence electrons. The number of aromatic nitrogens is 2. The zero-order valence-corrected chi connectivity index (χ0v) is 11.2. The van der Waals surface area contributed by atoms with Gasteiger partial charge in [-0.25, -0.2) is 0 Å². The number of piperazine rings is 1. The quantitative estimate of drug-likeness (QED) is 0.888. The molecule has 0 aliphatic carbocycles. The third-order valence-corrected chi connectivity index (χ3v) is 3.42. The normalized spacial score (nSPS) is 19.1. The van der Waals surface area contributed by atoms with Crippen LogP contribution in [0.25, 0.3) is 0 Å². The number of hydrogen-bond donors (Lipinski definition) is 1. The highest BCUT2D eigenvalue weighted by atomic mass is 16.5. The number of pyridine rings is 1. The third-order valence-electron chi connectivity index (χ3n) is 3.42. The molecule has 1 unspecified atom stereocenters. The minimum atomic E-state index is -0.0998. The zero-order chi connectivity index (χ0) is 13.9. The van der Waals surface area contributed by atoms with Crippen molar-refractivity contribution in [3.63, 3.8) is 0 Å². The molecule has 1 aliphatic rings. The summed E-state index contributed by atoms with van der Waals surface area (Å²) in [5, 5.41) is 7.13. The summed E-state index contributed by atoms with van der Waals surface area (Å²) in [5.74, 6) is 0.540. The molecule has 6 nitrogen and oxygen atoms in total. The van der Waals surface area contributed by atoms with Crippen LogP contribution >= 0.6 is 0 Å². The molecule has 6 heteroatoms. The molecule has 1 aliphatic heterocycles. The van der Waals surface area contributed by atoms with E-state index in [-0.39, 0.29) is 11.9 Å². The molecule has 1 atom stereocenters. The van der Waals surface area contributed by atoms with Gasteiger partial charge in [-0.1, -0.05) is 11.2 Å². The minimum Gasteiger partial charge on any atom is -0.361 e. The van der Waals surface area contributed by atoms with Crippen molar-refractivity contribution in [2.24, 2.45) is 0 Å². The molecule has 1 fully saturated rings. The highest BCUT2D eigenvalue weighted by Crippen LogP contribution is 2.23. The molecule has 0 saturated carbocycles.